The minimum absolute atomic E-state index is 0.100. The van der Waals surface area contributed by atoms with Gasteiger partial charge in [0.2, 0.25) is 5.79 Å². The van der Waals surface area contributed by atoms with Gasteiger partial charge in [0.25, 0.3) is 5.79 Å². The molecule has 3 rings (SSSR count). The van der Waals surface area contributed by atoms with Gasteiger partial charge in [-0.3, -0.25) is 4.79 Å². The summed E-state index contributed by atoms with van der Waals surface area (Å²) in [4.78, 5) is 22.0. The predicted molar refractivity (Wildman–Crippen MR) is 63.6 cm³/mol. The molecule has 2 bridgehead atoms. The van der Waals surface area contributed by atoms with Gasteiger partial charge in [0.05, 0.1) is 5.57 Å². The van der Waals surface area contributed by atoms with E-state index in [1.807, 2.05) is 0 Å². The molecule has 1 aromatic carbocycles. The van der Waals surface area contributed by atoms with E-state index in [1.54, 1.807) is 37.3 Å². The second-order valence-electron chi connectivity index (χ2n) is 4.50. The van der Waals surface area contributed by atoms with Gasteiger partial charge in [-0.2, -0.15) is 9.78 Å². The smallest absolute Gasteiger partial charge is 0.250 e. The van der Waals surface area contributed by atoms with Crippen LogP contribution in [0.4, 0.5) is 0 Å². The van der Waals surface area contributed by atoms with Crippen LogP contribution < -0.4 is 0 Å². The SMILES string of the molecule is CC(=O)C1=C[C@@]2(c3ccc(Cl)cc3)OO[C@]1(C)O2. The first-order chi connectivity index (χ1) is 8.45. The molecule has 0 radical (unpaired) electrons. The Morgan fingerprint density at radius 2 is 1.89 bits per heavy atom. The summed E-state index contributed by atoms with van der Waals surface area (Å²) in [6, 6.07) is 7.01. The Morgan fingerprint density at radius 1 is 1.22 bits per heavy atom. The van der Waals surface area contributed by atoms with Crippen LogP contribution in [0.5, 0.6) is 0 Å². The lowest BCUT2D eigenvalue weighted by atomic mass is 10.0. The van der Waals surface area contributed by atoms with Crippen LogP contribution in [0, 0.1) is 0 Å². The average molecular weight is 267 g/mol. The minimum atomic E-state index is -1.15. The summed E-state index contributed by atoms with van der Waals surface area (Å²) in [5.74, 6) is -2.39. The zero-order chi connectivity index (χ0) is 13.0. The highest BCUT2D eigenvalue weighted by atomic mass is 35.5. The van der Waals surface area contributed by atoms with E-state index in [2.05, 4.69) is 0 Å². The second-order valence-corrected chi connectivity index (χ2v) is 4.94. The zero-order valence-corrected chi connectivity index (χ0v) is 10.7. The van der Waals surface area contributed by atoms with Crippen molar-refractivity contribution in [2.75, 3.05) is 0 Å². The summed E-state index contributed by atoms with van der Waals surface area (Å²) in [5, 5.41) is 0.616. The van der Waals surface area contributed by atoms with Crippen LogP contribution in [-0.4, -0.2) is 11.6 Å². The highest BCUT2D eigenvalue weighted by Gasteiger charge is 2.59. The van der Waals surface area contributed by atoms with Crippen LogP contribution in [0.15, 0.2) is 35.9 Å². The maximum absolute atomic E-state index is 11.6. The number of ether oxygens (including phenoxy) is 1. The molecule has 2 aliphatic rings. The molecule has 2 atom stereocenters. The maximum Gasteiger partial charge on any atom is 0.250 e. The molecule has 4 nitrogen and oxygen atoms in total. The second kappa shape index (κ2) is 3.65. The summed E-state index contributed by atoms with van der Waals surface area (Å²) in [7, 11) is 0. The summed E-state index contributed by atoms with van der Waals surface area (Å²) in [5.41, 5.74) is 1.19. The molecule has 1 fully saturated rings. The lowest BCUT2D eigenvalue weighted by molar-refractivity contribution is -0.341. The first-order valence-electron chi connectivity index (χ1n) is 5.52. The number of hydrogen-bond acceptors (Lipinski definition) is 4. The van der Waals surface area contributed by atoms with Crippen molar-refractivity contribution in [1.82, 2.24) is 0 Å². The molecule has 2 heterocycles. The van der Waals surface area contributed by atoms with Crippen molar-refractivity contribution in [2.45, 2.75) is 25.4 Å². The average Bonchev–Trinajstić information content (AvgIpc) is 2.81. The van der Waals surface area contributed by atoms with Gasteiger partial charge in [-0.1, -0.05) is 23.7 Å². The third-order valence-corrected chi connectivity index (χ3v) is 3.37. The van der Waals surface area contributed by atoms with Gasteiger partial charge >= 0.3 is 0 Å². The van der Waals surface area contributed by atoms with Gasteiger partial charge in [-0.25, -0.2) is 0 Å². The monoisotopic (exact) mass is 266 g/mol. The number of benzene rings is 1. The van der Waals surface area contributed by atoms with Crippen molar-refractivity contribution in [1.29, 1.82) is 0 Å². The largest absolute Gasteiger partial charge is 0.301 e. The van der Waals surface area contributed by atoms with Crippen molar-refractivity contribution in [2.24, 2.45) is 0 Å². The number of fused-ring (bicyclic) bond motifs is 2. The van der Waals surface area contributed by atoms with E-state index in [1.165, 1.54) is 6.92 Å². The number of hydrogen-bond donors (Lipinski definition) is 0. The van der Waals surface area contributed by atoms with Crippen molar-refractivity contribution >= 4 is 17.4 Å². The third kappa shape index (κ3) is 1.54. The van der Waals surface area contributed by atoms with Crippen molar-refractivity contribution in [3.8, 4) is 0 Å². The molecular formula is C13H11ClO4. The van der Waals surface area contributed by atoms with Crippen LogP contribution >= 0.6 is 11.6 Å². The molecule has 18 heavy (non-hydrogen) atoms. The summed E-state index contributed by atoms with van der Waals surface area (Å²) < 4.78 is 5.75. The number of Topliss-reactive ketones (excluding diaryl/α,β-unsaturated/α-hetero) is 1. The Labute approximate surface area is 109 Å². The molecule has 94 valence electrons. The lowest BCUT2D eigenvalue weighted by Gasteiger charge is -2.19. The van der Waals surface area contributed by atoms with E-state index in [0.717, 1.165) is 5.56 Å². The highest BCUT2D eigenvalue weighted by molar-refractivity contribution is 6.30. The van der Waals surface area contributed by atoms with Gasteiger partial charge in [0, 0.05) is 10.6 Å². The van der Waals surface area contributed by atoms with E-state index in [-0.39, 0.29) is 5.78 Å². The molecule has 5 heteroatoms. The number of halogens is 1. The Morgan fingerprint density at radius 3 is 2.44 bits per heavy atom. The Hall–Kier alpha value is -1.20. The summed E-state index contributed by atoms with van der Waals surface area (Å²) >= 11 is 5.84. The lowest BCUT2D eigenvalue weighted by Crippen LogP contribution is -2.29. The molecule has 1 saturated heterocycles. The Bertz CT molecular complexity index is 551. The van der Waals surface area contributed by atoms with Gasteiger partial charge in [0.15, 0.2) is 5.78 Å². The summed E-state index contributed by atoms with van der Waals surface area (Å²) in [6.07, 6.45) is 1.65. The third-order valence-electron chi connectivity index (χ3n) is 3.12. The van der Waals surface area contributed by atoms with Gasteiger partial charge in [-0.15, -0.1) is 0 Å². The molecular weight excluding hydrogens is 256 g/mol. The quantitative estimate of drug-likeness (QED) is 0.772. The Balaban J connectivity index is 2.08. The first-order valence-corrected chi connectivity index (χ1v) is 5.90. The first kappa shape index (κ1) is 11.9. The number of ketones is 1. The topological polar surface area (TPSA) is 44.8 Å². The van der Waals surface area contributed by atoms with E-state index >= 15 is 0 Å². The van der Waals surface area contributed by atoms with Crippen LogP contribution in [0.1, 0.15) is 19.4 Å². The minimum Gasteiger partial charge on any atom is -0.301 e. The van der Waals surface area contributed by atoms with Crippen molar-refractivity contribution < 1.29 is 19.3 Å². The van der Waals surface area contributed by atoms with Crippen molar-refractivity contribution in [3.05, 3.63) is 46.5 Å². The number of carbonyl (C=O) groups is 1. The molecule has 0 amide bonds. The van der Waals surface area contributed by atoms with Crippen LogP contribution in [0.25, 0.3) is 0 Å². The molecule has 0 aliphatic carbocycles. The molecule has 0 N–H and O–H groups in total. The van der Waals surface area contributed by atoms with Gasteiger partial charge in [0.1, 0.15) is 0 Å². The zero-order valence-electron chi connectivity index (χ0n) is 9.90. The summed E-state index contributed by atoms with van der Waals surface area (Å²) in [6.45, 7) is 3.13. The highest BCUT2D eigenvalue weighted by Crippen LogP contribution is 2.51. The molecule has 0 unspecified atom stereocenters. The van der Waals surface area contributed by atoms with E-state index in [9.17, 15) is 4.79 Å². The molecule has 1 aromatic rings. The number of carbonyl (C=O) groups excluding carboxylic acids is 1. The van der Waals surface area contributed by atoms with Gasteiger partial charge in [-0.05, 0) is 32.1 Å². The number of rotatable bonds is 2. The predicted octanol–water partition coefficient (Wildman–Crippen LogP) is 2.72. The normalized spacial score (nSPS) is 33.6. The van der Waals surface area contributed by atoms with E-state index in [4.69, 9.17) is 26.1 Å². The van der Waals surface area contributed by atoms with E-state index in [0.29, 0.717) is 10.6 Å². The van der Waals surface area contributed by atoms with Crippen LogP contribution in [0.2, 0.25) is 5.02 Å². The maximum atomic E-state index is 11.6. The Kier molecular flexibility index (Phi) is 2.40. The van der Waals surface area contributed by atoms with Crippen molar-refractivity contribution in [3.63, 3.8) is 0 Å². The van der Waals surface area contributed by atoms with Gasteiger partial charge < -0.3 is 4.74 Å². The van der Waals surface area contributed by atoms with E-state index < -0.39 is 11.6 Å². The fourth-order valence-electron chi connectivity index (χ4n) is 2.23. The fraction of sp³-hybridized carbons (Fsp3) is 0.308. The molecule has 0 spiro atoms. The van der Waals surface area contributed by atoms with Crippen LogP contribution in [-0.2, 0) is 25.1 Å². The molecule has 2 aliphatic heterocycles. The molecule has 0 saturated carbocycles. The standard InChI is InChI=1S/C13H11ClO4/c1-8(15)11-7-13(16-12(11,2)17-18-13)9-3-5-10(14)6-4-9/h3-7H,1-2H3/t12-,13-/m0/s1. The fourth-order valence-corrected chi connectivity index (χ4v) is 2.36. The van der Waals surface area contributed by atoms with Crippen LogP contribution in [0.3, 0.4) is 0 Å². The molecule has 0 aromatic heterocycles.